The van der Waals surface area contributed by atoms with Crippen LogP contribution < -0.4 is 10.7 Å². The van der Waals surface area contributed by atoms with Crippen molar-refractivity contribution in [3.05, 3.63) is 100 Å². The molecule has 192 valence electrons. The third-order valence-corrected chi connectivity index (χ3v) is 6.23. The summed E-state index contributed by atoms with van der Waals surface area (Å²) < 4.78 is 20.7. The molecule has 1 atom stereocenters. The maximum absolute atomic E-state index is 13.7. The second-order valence-corrected chi connectivity index (χ2v) is 9.25. The molecule has 5 aromatic rings. The van der Waals surface area contributed by atoms with E-state index in [0.717, 1.165) is 12.8 Å². The predicted molar refractivity (Wildman–Crippen MR) is 142 cm³/mol. The zero-order chi connectivity index (χ0) is 26.6. The molecular formula is C29H26FN5O3. The molecule has 5 rings (SSSR count). The van der Waals surface area contributed by atoms with E-state index in [-0.39, 0.29) is 41.2 Å². The van der Waals surface area contributed by atoms with Crippen LogP contribution >= 0.6 is 0 Å². The normalized spacial score (nSPS) is 12.0. The minimum absolute atomic E-state index is 0.0258. The molecule has 0 unspecified atom stereocenters. The molecule has 0 saturated heterocycles. The summed E-state index contributed by atoms with van der Waals surface area (Å²) in [5, 5.41) is 7.27. The Kier molecular flexibility index (Phi) is 7.08. The molecule has 0 aliphatic heterocycles. The van der Waals surface area contributed by atoms with Crippen LogP contribution in [0.25, 0.3) is 33.9 Å². The minimum Gasteiger partial charge on any atom is -0.352 e. The van der Waals surface area contributed by atoms with Crippen molar-refractivity contribution < 1.29 is 13.7 Å². The largest absolute Gasteiger partial charge is 0.352 e. The molecule has 1 N–H and O–H groups in total. The van der Waals surface area contributed by atoms with Gasteiger partial charge < -0.3 is 14.4 Å². The Morgan fingerprint density at radius 3 is 2.68 bits per heavy atom. The van der Waals surface area contributed by atoms with E-state index in [9.17, 15) is 14.0 Å². The van der Waals surface area contributed by atoms with Crippen LogP contribution in [0.3, 0.4) is 0 Å². The second kappa shape index (κ2) is 10.8. The number of amides is 1. The lowest BCUT2D eigenvalue weighted by molar-refractivity contribution is -0.122. The summed E-state index contributed by atoms with van der Waals surface area (Å²) in [6.07, 6.45) is 3.14. The molecule has 0 bridgehead atoms. The smallest absolute Gasteiger partial charge is 0.263 e. The number of hydrogen-bond acceptors (Lipinski definition) is 6. The lowest BCUT2D eigenvalue weighted by atomic mass is 10.1. The average molecular weight is 512 g/mol. The van der Waals surface area contributed by atoms with Gasteiger partial charge in [-0.25, -0.2) is 9.37 Å². The monoisotopic (exact) mass is 511 g/mol. The van der Waals surface area contributed by atoms with Crippen molar-refractivity contribution in [3.63, 3.8) is 0 Å². The van der Waals surface area contributed by atoms with Crippen molar-refractivity contribution in [1.82, 2.24) is 25.0 Å². The van der Waals surface area contributed by atoms with E-state index in [4.69, 9.17) is 4.52 Å². The van der Waals surface area contributed by atoms with Gasteiger partial charge >= 0.3 is 0 Å². The Morgan fingerprint density at radius 1 is 1.08 bits per heavy atom. The first kappa shape index (κ1) is 25.0. The van der Waals surface area contributed by atoms with E-state index in [2.05, 4.69) is 32.6 Å². The average Bonchev–Trinajstić information content (AvgIpc) is 3.40. The molecule has 1 amide bonds. The van der Waals surface area contributed by atoms with Crippen LogP contribution in [-0.4, -0.2) is 31.6 Å². The molecular weight excluding hydrogens is 485 g/mol. The fourth-order valence-corrected chi connectivity index (χ4v) is 4.29. The van der Waals surface area contributed by atoms with Gasteiger partial charge in [-0.1, -0.05) is 47.6 Å². The van der Waals surface area contributed by atoms with Gasteiger partial charge in [-0.05, 0) is 56.5 Å². The number of carbonyl (C=O) groups is 1. The topological polar surface area (TPSA) is 103 Å². The molecule has 3 aromatic heterocycles. The van der Waals surface area contributed by atoms with Crippen molar-refractivity contribution >= 4 is 16.9 Å². The van der Waals surface area contributed by atoms with Crippen molar-refractivity contribution in [2.45, 2.75) is 39.3 Å². The number of hydrogen-bond donors (Lipinski definition) is 1. The van der Waals surface area contributed by atoms with Gasteiger partial charge in [-0.3, -0.25) is 9.59 Å². The number of rotatable bonds is 8. The Morgan fingerprint density at radius 2 is 1.89 bits per heavy atom. The molecule has 8 nitrogen and oxygen atoms in total. The van der Waals surface area contributed by atoms with E-state index in [1.807, 2.05) is 32.0 Å². The maximum atomic E-state index is 13.7. The third kappa shape index (κ3) is 5.51. The molecule has 38 heavy (non-hydrogen) atoms. The van der Waals surface area contributed by atoms with E-state index < -0.39 is 5.82 Å². The number of aromatic nitrogens is 4. The lowest BCUT2D eigenvalue weighted by Gasteiger charge is -2.16. The van der Waals surface area contributed by atoms with E-state index in [0.29, 0.717) is 22.3 Å². The van der Waals surface area contributed by atoms with Crippen LogP contribution in [0.5, 0.6) is 0 Å². The minimum atomic E-state index is -0.438. The van der Waals surface area contributed by atoms with Crippen LogP contribution in [-0.2, 0) is 17.8 Å². The molecule has 0 spiro atoms. The molecule has 0 aliphatic carbocycles. The summed E-state index contributed by atoms with van der Waals surface area (Å²) in [5.41, 5.74) is 2.50. The molecule has 9 heteroatoms. The van der Waals surface area contributed by atoms with Gasteiger partial charge in [0.1, 0.15) is 23.6 Å². The van der Waals surface area contributed by atoms with Crippen LogP contribution in [0.2, 0.25) is 0 Å². The first-order valence-corrected chi connectivity index (χ1v) is 12.3. The van der Waals surface area contributed by atoms with Crippen LogP contribution in [0, 0.1) is 12.7 Å². The summed E-state index contributed by atoms with van der Waals surface area (Å²) in [4.78, 5) is 35.2. The van der Waals surface area contributed by atoms with Gasteiger partial charge in [0.2, 0.25) is 17.2 Å². The predicted octanol–water partition coefficient (Wildman–Crippen LogP) is 4.70. The number of nitrogens with zero attached hydrogens (tertiary/aromatic N) is 4. The molecule has 2 aromatic carbocycles. The highest BCUT2D eigenvalue weighted by Gasteiger charge is 2.20. The Hall–Kier alpha value is -4.66. The zero-order valence-corrected chi connectivity index (χ0v) is 21.0. The van der Waals surface area contributed by atoms with Crippen LogP contribution in [0.4, 0.5) is 4.39 Å². The third-order valence-electron chi connectivity index (χ3n) is 6.23. The number of halogens is 1. The summed E-state index contributed by atoms with van der Waals surface area (Å²) in [7, 11) is 0. The standard InChI is InChI=1S/C29H26FN5O3/c1-18(11-13-20-7-4-3-5-8-20)31-25(36)17-35-16-24(26(37)23-14-12-19(2)32-28(23)35)29-33-27(34-38-29)21-9-6-10-22(30)15-21/h3-10,12,14-16,18H,11,13,17H2,1-2H3,(H,31,36)/t18-/m0/s1. The van der Waals surface area contributed by atoms with E-state index in [1.54, 1.807) is 22.8 Å². The Bertz CT molecular complexity index is 1660. The van der Waals surface area contributed by atoms with Gasteiger partial charge in [0, 0.05) is 23.5 Å². The fraction of sp³-hybridized carbons (Fsp3) is 0.207. The van der Waals surface area contributed by atoms with Gasteiger partial charge in [0.15, 0.2) is 0 Å². The summed E-state index contributed by atoms with van der Waals surface area (Å²) in [5.74, 6) is -0.525. The lowest BCUT2D eigenvalue weighted by Crippen LogP contribution is -2.35. The number of carbonyl (C=O) groups excluding carboxylic acids is 1. The maximum Gasteiger partial charge on any atom is 0.263 e. The van der Waals surface area contributed by atoms with E-state index >= 15 is 0 Å². The van der Waals surface area contributed by atoms with Gasteiger partial charge in [0.25, 0.3) is 5.89 Å². The first-order chi connectivity index (χ1) is 18.4. The fourth-order valence-electron chi connectivity index (χ4n) is 4.29. The SMILES string of the molecule is Cc1ccc2c(=O)c(-c3nc(-c4cccc(F)c4)no3)cn(CC(=O)N[C@@H](C)CCc3ccccc3)c2n1. The summed E-state index contributed by atoms with van der Waals surface area (Å²) in [6, 6.07) is 19.2. The quantitative estimate of drug-likeness (QED) is 0.324. The second-order valence-electron chi connectivity index (χ2n) is 9.25. The number of nitrogens with one attached hydrogen (secondary N) is 1. The Labute approximate surface area is 218 Å². The zero-order valence-electron chi connectivity index (χ0n) is 21.0. The van der Waals surface area contributed by atoms with Crippen molar-refractivity contribution in [2.24, 2.45) is 0 Å². The first-order valence-electron chi connectivity index (χ1n) is 12.3. The molecule has 0 aliphatic rings. The number of fused-ring (bicyclic) bond motifs is 1. The van der Waals surface area contributed by atoms with Crippen LogP contribution in [0.1, 0.15) is 24.6 Å². The Balaban J connectivity index is 1.42. The van der Waals surface area contributed by atoms with Crippen molar-refractivity contribution in [2.75, 3.05) is 0 Å². The van der Waals surface area contributed by atoms with Gasteiger partial charge in [0.05, 0.1) is 5.39 Å². The highest BCUT2D eigenvalue weighted by Crippen LogP contribution is 2.23. The van der Waals surface area contributed by atoms with Crippen LogP contribution in [0.15, 0.2) is 82.2 Å². The molecule has 0 saturated carbocycles. The highest BCUT2D eigenvalue weighted by molar-refractivity contribution is 5.83. The molecule has 0 fully saturated rings. The van der Waals surface area contributed by atoms with Gasteiger partial charge in [-0.2, -0.15) is 4.98 Å². The van der Waals surface area contributed by atoms with Gasteiger partial charge in [-0.15, -0.1) is 0 Å². The summed E-state index contributed by atoms with van der Waals surface area (Å²) in [6.45, 7) is 3.72. The van der Waals surface area contributed by atoms with Crippen molar-refractivity contribution in [1.29, 1.82) is 0 Å². The number of aryl methyl sites for hydroxylation is 2. The van der Waals surface area contributed by atoms with E-state index in [1.165, 1.54) is 30.0 Å². The highest BCUT2D eigenvalue weighted by atomic mass is 19.1. The number of benzene rings is 2. The molecule has 0 radical (unpaired) electrons. The molecule has 3 heterocycles. The number of pyridine rings is 2. The summed E-state index contributed by atoms with van der Waals surface area (Å²) >= 11 is 0. The van der Waals surface area contributed by atoms with Crippen molar-refractivity contribution in [3.8, 4) is 22.8 Å².